The third-order valence-corrected chi connectivity index (χ3v) is 4.36. The molecule has 0 saturated carbocycles. The fourth-order valence-electron chi connectivity index (χ4n) is 2.63. The van der Waals surface area contributed by atoms with Gasteiger partial charge in [-0.2, -0.15) is 0 Å². The highest BCUT2D eigenvalue weighted by atomic mass is 35.5. The van der Waals surface area contributed by atoms with Crippen molar-refractivity contribution in [2.24, 2.45) is 10.7 Å². The molecule has 4 nitrogen and oxygen atoms in total. The van der Waals surface area contributed by atoms with Crippen molar-refractivity contribution < 1.29 is 4.79 Å². The standard InChI is InChI=1S/C13H15N3OS.ClH/c1-13(5-6-18-12(14)16-13)9-3-2-4-10-8(9)7-11(17)15-10;/h2-4H,5-7H2,1H3,(H2,14,16)(H,15,17);1H. The minimum Gasteiger partial charge on any atom is -0.379 e. The number of amides is 1. The molecule has 6 heteroatoms. The second kappa shape index (κ2) is 5.06. The van der Waals surface area contributed by atoms with Gasteiger partial charge in [-0.05, 0) is 30.5 Å². The molecule has 0 aromatic heterocycles. The monoisotopic (exact) mass is 297 g/mol. The van der Waals surface area contributed by atoms with Crippen LogP contribution in [0.5, 0.6) is 0 Å². The zero-order valence-electron chi connectivity index (χ0n) is 10.6. The van der Waals surface area contributed by atoms with E-state index in [0.29, 0.717) is 11.6 Å². The smallest absolute Gasteiger partial charge is 0.228 e. The number of hydrogen-bond donors (Lipinski definition) is 2. The van der Waals surface area contributed by atoms with Crippen LogP contribution in [0.25, 0.3) is 0 Å². The van der Waals surface area contributed by atoms with Crippen molar-refractivity contribution in [3.05, 3.63) is 29.3 Å². The van der Waals surface area contributed by atoms with Crippen LogP contribution >= 0.6 is 24.2 Å². The quantitative estimate of drug-likeness (QED) is 0.835. The first kappa shape index (κ1) is 14.2. The van der Waals surface area contributed by atoms with E-state index >= 15 is 0 Å². The number of nitrogens with one attached hydrogen (secondary N) is 1. The Kier molecular flexibility index (Phi) is 3.78. The van der Waals surface area contributed by atoms with E-state index in [1.807, 2.05) is 12.1 Å². The first-order valence-electron chi connectivity index (χ1n) is 5.99. The van der Waals surface area contributed by atoms with Gasteiger partial charge in [-0.25, -0.2) is 0 Å². The molecule has 0 saturated heterocycles. The third kappa shape index (κ3) is 2.44. The lowest BCUT2D eigenvalue weighted by Crippen LogP contribution is -2.29. The van der Waals surface area contributed by atoms with Crippen LogP contribution in [0.1, 0.15) is 24.5 Å². The normalized spacial score (nSPS) is 25.1. The molecule has 2 aliphatic rings. The number of carbonyl (C=O) groups excluding carboxylic acids is 1. The highest BCUT2D eigenvalue weighted by Gasteiger charge is 2.34. The molecule has 0 bridgehead atoms. The largest absolute Gasteiger partial charge is 0.379 e. The summed E-state index contributed by atoms with van der Waals surface area (Å²) in [6.45, 7) is 2.10. The van der Waals surface area contributed by atoms with Gasteiger partial charge >= 0.3 is 0 Å². The summed E-state index contributed by atoms with van der Waals surface area (Å²) < 4.78 is 0. The Labute approximate surface area is 122 Å². The van der Waals surface area contributed by atoms with Crippen LogP contribution in [0.4, 0.5) is 5.69 Å². The Balaban J connectivity index is 0.00000133. The van der Waals surface area contributed by atoms with Gasteiger partial charge in [-0.1, -0.05) is 23.9 Å². The minimum atomic E-state index is -0.299. The van der Waals surface area contributed by atoms with E-state index in [0.717, 1.165) is 29.0 Å². The van der Waals surface area contributed by atoms with E-state index < -0.39 is 0 Å². The average Bonchev–Trinajstić information content (AvgIpc) is 2.68. The highest BCUT2D eigenvalue weighted by Crippen LogP contribution is 2.40. The molecular formula is C13H16ClN3OS. The van der Waals surface area contributed by atoms with Gasteiger partial charge in [0.05, 0.1) is 12.0 Å². The molecular weight excluding hydrogens is 282 g/mol. The first-order valence-corrected chi connectivity index (χ1v) is 6.97. The van der Waals surface area contributed by atoms with Crippen LogP contribution < -0.4 is 11.1 Å². The number of rotatable bonds is 1. The van der Waals surface area contributed by atoms with Crippen molar-refractivity contribution in [2.75, 3.05) is 11.1 Å². The Morgan fingerprint density at radius 3 is 3.00 bits per heavy atom. The van der Waals surface area contributed by atoms with Crippen molar-refractivity contribution >= 4 is 40.9 Å². The zero-order chi connectivity index (χ0) is 12.8. The topological polar surface area (TPSA) is 67.5 Å². The summed E-state index contributed by atoms with van der Waals surface area (Å²) in [5, 5.41) is 3.52. The van der Waals surface area contributed by atoms with Gasteiger partial charge in [-0.3, -0.25) is 9.79 Å². The molecule has 0 aliphatic carbocycles. The number of nitrogens with two attached hydrogens (primary N) is 1. The Morgan fingerprint density at radius 1 is 1.47 bits per heavy atom. The number of halogens is 1. The maximum absolute atomic E-state index is 11.5. The summed E-state index contributed by atoms with van der Waals surface area (Å²) in [6, 6.07) is 5.97. The van der Waals surface area contributed by atoms with E-state index in [4.69, 9.17) is 5.73 Å². The van der Waals surface area contributed by atoms with Crippen LogP contribution in [0.15, 0.2) is 23.2 Å². The maximum atomic E-state index is 11.5. The average molecular weight is 298 g/mol. The van der Waals surface area contributed by atoms with E-state index in [2.05, 4.69) is 23.3 Å². The Bertz CT molecular complexity index is 561. The third-order valence-electron chi connectivity index (χ3n) is 3.56. The second-order valence-corrected chi connectivity index (χ2v) is 5.99. The number of benzene rings is 1. The molecule has 2 aliphatic heterocycles. The maximum Gasteiger partial charge on any atom is 0.228 e. The zero-order valence-corrected chi connectivity index (χ0v) is 12.2. The molecule has 19 heavy (non-hydrogen) atoms. The van der Waals surface area contributed by atoms with E-state index in [9.17, 15) is 4.79 Å². The molecule has 1 aromatic carbocycles. The number of hydrogen-bond acceptors (Lipinski definition) is 4. The molecule has 0 fully saturated rings. The number of amidine groups is 1. The van der Waals surface area contributed by atoms with Crippen molar-refractivity contribution in [3.63, 3.8) is 0 Å². The van der Waals surface area contributed by atoms with Crippen LogP contribution in [-0.4, -0.2) is 16.8 Å². The number of anilines is 1. The number of thioether (sulfide) groups is 1. The number of aliphatic imine (C=N–C) groups is 1. The number of nitrogens with zero attached hydrogens (tertiary/aromatic N) is 1. The van der Waals surface area contributed by atoms with Crippen LogP contribution in [0.3, 0.4) is 0 Å². The molecule has 1 atom stereocenters. The van der Waals surface area contributed by atoms with Crippen molar-refractivity contribution in [3.8, 4) is 0 Å². The Morgan fingerprint density at radius 2 is 2.26 bits per heavy atom. The summed E-state index contributed by atoms with van der Waals surface area (Å²) in [5.41, 5.74) is 8.68. The summed E-state index contributed by atoms with van der Waals surface area (Å²) in [4.78, 5) is 16.1. The van der Waals surface area contributed by atoms with Gasteiger partial charge < -0.3 is 11.1 Å². The van der Waals surface area contributed by atoms with Crippen LogP contribution in [0, 0.1) is 0 Å². The van der Waals surface area contributed by atoms with Crippen LogP contribution in [-0.2, 0) is 16.8 Å². The fourth-order valence-corrected chi connectivity index (χ4v) is 3.61. The van der Waals surface area contributed by atoms with Gasteiger partial charge in [0, 0.05) is 11.4 Å². The summed E-state index contributed by atoms with van der Waals surface area (Å²) >= 11 is 1.59. The lowest BCUT2D eigenvalue weighted by atomic mass is 9.85. The molecule has 3 rings (SSSR count). The predicted molar refractivity (Wildman–Crippen MR) is 82.1 cm³/mol. The highest BCUT2D eigenvalue weighted by molar-refractivity contribution is 8.13. The van der Waals surface area contributed by atoms with Gasteiger partial charge in [-0.15, -0.1) is 12.4 Å². The molecule has 0 radical (unpaired) electrons. The second-order valence-electron chi connectivity index (χ2n) is 4.88. The predicted octanol–water partition coefficient (Wildman–Crippen LogP) is 2.27. The van der Waals surface area contributed by atoms with Gasteiger partial charge in [0.15, 0.2) is 5.17 Å². The Hall–Kier alpha value is -1.20. The van der Waals surface area contributed by atoms with E-state index in [-0.39, 0.29) is 23.9 Å². The van der Waals surface area contributed by atoms with Crippen molar-refractivity contribution in [2.45, 2.75) is 25.3 Å². The fraction of sp³-hybridized carbons (Fsp3) is 0.385. The number of carbonyl (C=O) groups is 1. The lowest BCUT2D eigenvalue weighted by Gasteiger charge is -2.31. The molecule has 102 valence electrons. The SMILES string of the molecule is CC1(c2cccc3c2CC(=O)N3)CCSC(N)=N1.Cl. The first-order chi connectivity index (χ1) is 8.58. The van der Waals surface area contributed by atoms with E-state index in [1.54, 1.807) is 11.8 Å². The lowest BCUT2D eigenvalue weighted by molar-refractivity contribution is -0.115. The van der Waals surface area contributed by atoms with Gasteiger partial charge in [0.1, 0.15) is 0 Å². The number of fused-ring (bicyclic) bond motifs is 1. The van der Waals surface area contributed by atoms with Crippen molar-refractivity contribution in [1.82, 2.24) is 0 Å². The van der Waals surface area contributed by atoms with Crippen molar-refractivity contribution in [1.29, 1.82) is 0 Å². The van der Waals surface area contributed by atoms with Gasteiger partial charge in [0.25, 0.3) is 0 Å². The molecule has 0 spiro atoms. The minimum absolute atomic E-state index is 0. The molecule has 2 heterocycles. The molecule has 1 aromatic rings. The summed E-state index contributed by atoms with van der Waals surface area (Å²) in [5.74, 6) is 1.03. The van der Waals surface area contributed by atoms with Crippen LogP contribution in [0.2, 0.25) is 0 Å². The summed E-state index contributed by atoms with van der Waals surface area (Å²) in [7, 11) is 0. The summed E-state index contributed by atoms with van der Waals surface area (Å²) in [6.07, 6.45) is 1.40. The molecule has 1 amide bonds. The van der Waals surface area contributed by atoms with Gasteiger partial charge in [0.2, 0.25) is 5.91 Å². The molecule has 1 unspecified atom stereocenters. The molecule has 3 N–H and O–H groups in total. The van der Waals surface area contributed by atoms with E-state index in [1.165, 1.54) is 0 Å².